The molecule has 4 heteroatoms. The topological polar surface area (TPSA) is 54.3 Å². The van der Waals surface area contributed by atoms with Gasteiger partial charge in [0.2, 0.25) is 0 Å². The number of carbonyl (C=O) groups excluding carboxylic acids is 1. The number of nitrogens with one attached hydrogen (secondary N) is 2. The van der Waals surface area contributed by atoms with Crippen LogP contribution in [0, 0.1) is 24.2 Å². The number of hydrogen-bond donors (Lipinski definition) is 2. The maximum absolute atomic E-state index is 13.1. The predicted octanol–water partition coefficient (Wildman–Crippen LogP) is 6.13. The van der Waals surface area contributed by atoms with Crippen molar-refractivity contribution in [1.29, 1.82) is 0 Å². The van der Waals surface area contributed by atoms with Crippen molar-refractivity contribution in [3.05, 3.63) is 88.9 Å². The first-order valence-electron chi connectivity index (χ1n) is 12.4. The van der Waals surface area contributed by atoms with Crippen molar-refractivity contribution in [2.45, 2.75) is 57.0 Å². The van der Waals surface area contributed by atoms with Crippen LogP contribution in [0.4, 0.5) is 5.69 Å². The smallest absolute Gasteiger partial charge is 0.251 e. The average molecular weight is 439 g/mol. The van der Waals surface area contributed by atoms with Gasteiger partial charge in [0.05, 0.1) is 12.6 Å². The number of anilines is 1. The summed E-state index contributed by atoms with van der Waals surface area (Å²) in [5, 5.41) is 6.96. The van der Waals surface area contributed by atoms with Crippen molar-refractivity contribution < 1.29 is 9.21 Å². The normalized spacial score (nSPS) is 32.8. The fourth-order valence-corrected chi connectivity index (χ4v) is 7.69. The summed E-state index contributed by atoms with van der Waals surface area (Å²) in [5.74, 6) is 3.02. The molecule has 3 aliphatic carbocycles. The zero-order valence-corrected chi connectivity index (χ0v) is 19.1. The second-order valence-corrected chi connectivity index (χ2v) is 10.6. The highest BCUT2D eigenvalue weighted by molar-refractivity contribution is 5.95. The molecular formula is C29H30N2O2. The van der Waals surface area contributed by atoms with E-state index in [1.807, 2.05) is 25.1 Å². The molecular weight excluding hydrogens is 408 g/mol. The number of hydrogen-bond acceptors (Lipinski definition) is 3. The number of rotatable bonds is 4. The molecule has 1 aromatic heterocycles. The Labute approximate surface area is 194 Å². The first kappa shape index (κ1) is 19.5. The SMILES string of the molecule is Cc1ccc(CNC(=O)c2ccc3c(c2)C24C5CC52CCCC[C@H]4C(c2ccccc2)N3)o1. The fraction of sp³-hybridized carbons (Fsp3) is 0.414. The van der Waals surface area contributed by atoms with Crippen LogP contribution in [0.1, 0.15) is 71.2 Å². The van der Waals surface area contributed by atoms with Crippen molar-refractivity contribution in [1.82, 2.24) is 5.32 Å². The molecule has 3 fully saturated rings. The highest BCUT2D eigenvalue weighted by Gasteiger charge is 2.91. The van der Waals surface area contributed by atoms with Gasteiger partial charge in [-0.05, 0) is 84.9 Å². The van der Waals surface area contributed by atoms with Crippen LogP contribution in [-0.2, 0) is 12.0 Å². The molecule has 3 aromatic rings. The maximum Gasteiger partial charge on any atom is 0.251 e. The van der Waals surface area contributed by atoms with Crippen LogP contribution >= 0.6 is 0 Å². The molecule has 4 nitrogen and oxygen atoms in total. The van der Waals surface area contributed by atoms with Gasteiger partial charge in [0, 0.05) is 16.7 Å². The Balaban J connectivity index is 1.25. The Morgan fingerprint density at radius 1 is 1.12 bits per heavy atom. The Morgan fingerprint density at radius 3 is 2.79 bits per heavy atom. The van der Waals surface area contributed by atoms with Crippen LogP contribution in [0.3, 0.4) is 0 Å². The minimum absolute atomic E-state index is 0.0259. The minimum Gasteiger partial charge on any atom is -0.465 e. The zero-order chi connectivity index (χ0) is 22.2. The Hall–Kier alpha value is -3.01. The largest absolute Gasteiger partial charge is 0.465 e. The number of carbonyl (C=O) groups is 1. The minimum atomic E-state index is -0.0259. The molecule has 2 N–H and O–H groups in total. The van der Waals surface area contributed by atoms with Crippen LogP contribution in [0.2, 0.25) is 0 Å². The number of amides is 1. The first-order valence-corrected chi connectivity index (χ1v) is 12.4. The van der Waals surface area contributed by atoms with Gasteiger partial charge < -0.3 is 15.1 Å². The van der Waals surface area contributed by atoms with Gasteiger partial charge in [-0.15, -0.1) is 0 Å². The van der Waals surface area contributed by atoms with Gasteiger partial charge in [0.25, 0.3) is 5.91 Å². The van der Waals surface area contributed by atoms with E-state index in [1.54, 1.807) is 0 Å². The van der Waals surface area contributed by atoms with Gasteiger partial charge in [0.15, 0.2) is 0 Å². The lowest BCUT2D eigenvalue weighted by Gasteiger charge is -2.46. The number of furan rings is 1. The van der Waals surface area contributed by atoms with Crippen LogP contribution < -0.4 is 10.6 Å². The molecule has 1 amide bonds. The van der Waals surface area contributed by atoms with E-state index in [-0.39, 0.29) is 11.3 Å². The van der Waals surface area contributed by atoms with E-state index in [1.165, 1.54) is 48.9 Å². The first-order chi connectivity index (χ1) is 16.1. The third-order valence-corrected chi connectivity index (χ3v) is 9.16. The molecule has 2 heterocycles. The third kappa shape index (κ3) is 2.61. The summed E-state index contributed by atoms with van der Waals surface area (Å²) in [6.07, 6.45) is 6.64. The Kier molecular flexibility index (Phi) is 3.98. The Bertz CT molecular complexity index is 1250. The summed E-state index contributed by atoms with van der Waals surface area (Å²) in [5.41, 5.74) is 5.52. The highest BCUT2D eigenvalue weighted by Crippen LogP contribution is 2.94. The quantitative estimate of drug-likeness (QED) is 0.515. The monoisotopic (exact) mass is 438 g/mol. The molecule has 4 unspecified atom stereocenters. The number of benzene rings is 2. The van der Waals surface area contributed by atoms with Gasteiger partial charge >= 0.3 is 0 Å². The van der Waals surface area contributed by atoms with Gasteiger partial charge in [-0.2, -0.15) is 0 Å². The molecule has 1 aliphatic heterocycles. The van der Waals surface area contributed by atoms with Crippen LogP contribution in [0.25, 0.3) is 0 Å². The summed E-state index contributed by atoms with van der Waals surface area (Å²) in [4.78, 5) is 13.1. The fourth-order valence-electron chi connectivity index (χ4n) is 7.69. The molecule has 5 atom stereocenters. The predicted molar refractivity (Wildman–Crippen MR) is 128 cm³/mol. The molecule has 4 aliphatic rings. The second-order valence-electron chi connectivity index (χ2n) is 10.6. The van der Waals surface area contributed by atoms with Crippen molar-refractivity contribution in [3.8, 4) is 0 Å². The van der Waals surface area contributed by atoms with Crippen molar-refractivity contribution in [2.24, 2.45) is 17.3 Å². The molecule has 168 valence electrons. The van der Waals surface area contributed by atoms with Crippen molar-refractivity contribution in [3.63, 3.8) is 0 Å². The molecule has 2 spiro atoms. The van der Waals surface area contributed by atoms with E-state index in [4.69, 9.17) is 4.42 Å². The molecule has 2 aromatic carbocycles. The van der Waals surface area contributed by atoms with E-state index < -0.39 is 0 Å². The zero-order valence-electron chi connectivity index (χ0n) is 19.1. The molecule has 33 heavy (non-hydrogen) atoms. The van der Waals surface area contributed by atoms with Crippen LogP contribution in [0.5, 0.6) is 0 Å². The van der Waals surface area contributed by atoms with Crippen LogP contribution in [0.15, 0.2) is 65.1 Å². The van der Waals surface area contributed by atoms with Gasteiger partial charge in [-0.25, -0.2) is 0 Å². The highest BCUT2D eigenvalue weighted by atomic mass is 16.3. The van der Waals surface area contributed by atoms with Gasteiger partial charge in [-0.1, -0.05) is 43.2 Å². The van der Waals surface area contributed by atoms with E-state index in [0.717, 1.165) is 23.0 Å². The average Bonchev–Trinajstić information content (AvgIpc) is 3.65. The molecule has 0 bridgehead atoms. The number of aryl methyl sites for hydroxylation is 1. The maximum atomic E-state index is 13.1. The van der Waals surface area contributed by atoms with Crippen molar-refractivity contribution in [2.75, 3.05) is 5.32 Å². The summed E-state index contributed by atoms with van der Waals surface area (Å²) in [6.45, 7) is 2.34. The Morgan fingerprint density at radius 2 is 2.00 bits per heavy atom. The van der Waals surface area contributed by atoms with E-state index in [9.17, 15) is 4.79 Å². The third-order valence-electron chi connectivity index (χ3n) is 9.16. The van der Waals surface area contributed by atoms with E-state index >= 15 is 0 Å². The summed E-state index contributed by atoms with van der Waals surface area (Å²) in [7, 11) is 0. The summed E-state index contributed by atoms with van der Waals surface area (Å²) < 4.78 is 5.62. The van der Waals surface area contributed by atoms with Crippen LogP contribution in [-0.4, -0.2) is 5.91 Å². The van der Waals surface area contributed by atoms with E-state index in [2.05, 4.69) is 53.1 Å². The standard InChI is InChI=1S/C29H30N2O2/c1-18-10-12-21(33-18)17-30-27(32)20-11-13-24-23(15-20)29-22(9-5-6-14-28(29)16-25(28)29)26(31-24)19-7-3-2-4-8-19/h2-4,7-8,10-13,15,22,25-26,31H,5-6,9,14,16-17H2,1H3,(H,30,32)/t22-,25?,26?,28?,29?/m0/s1. The van der Waals surface area contributed by atoms with Gasteiger partial charge in [-0.3, -0.25) is 4.79 Å². The number of fused-ring (bicyclic) bond motifs is 1. The molecule has 0 radical (unpaired) electrons. The van der Waals surface area contributed by atoms with Crippen molar-refractivity contribution >= 4 is 11.6 Å². The lowest BCUT2D eigenvalue weighted by atomic mass is 9.63. The molecule has 0 saturated heterocycles. The molecule has 3 saturated carbocycles. The summed E-state index contributed by atoms with van der Waals surface area (Å²) in [6, 6.07) is 21.5. The second kappa shape index (κ2) is 6.75. The summed E-state index contributed by atoms with van der Waals surface area (Å²) >= 11 is 0. The van der Waals surface area contributed by atoms with E-state index in [0.29, 0.717) is 23.9 Å². The molecule has 7 rings (SSSR count). The lowest BCUT2D eigenvalue weighted by molar-refractivity contribution is 0.0947. The van der Waals surface area contributed by atoms with Gasteiger partial charge in [0.1, 0.15) is 11.5 Å². The lowest BCUT2D eigenvalue weighted by Crippen LogP contribution is -2.42.